The Hall–Kier alpha value is -2.05. The molecule has 0 spiro atoms. The topological polar surface area (TPSA) is 96.7 Å². The number of amidine groups is 1. The highest BCUT2D eigenvalue weighted by atomic mass is 16.4. The molecular formula is C12H21N5O2. The normalized spacial score (nSPS) is 12.5. The van der Waals surface area contributed by atoms with E-state index in [2.05, 4.69) is 10.1 Å². The lowest BCUT2D eigenvalue weighted by Crippen LogP contribution is -2.38. The summed E-state index contributed by atoms with van der Waals surface area (Å²) in [6, 6.07) is 0. The van der Waals surface area contributed by atoms with Crippen molar-refractivity contribution in [1.82, 2.24) is 9.55 Å². The van der Waals surface area contributed by atoms with Crippen molar-refractivity contribution in [3.63, 3.8) is 0 Å². The lowest BCUT2D eigenvalue weighted by Gasteiger charge is -2.24. The van der Waals surface area contributed by atoms with Crippen molar-refractivity contribution < 1.29 is 5.21 Å². The number of nitrogens with two attached hydrogens (primary N) is 1. The summed E-state index contributed by atoms with van der Waals surface area (Å²) in [5, 5.41) is 11.4. The quantitative estimate of drug-likeness (QED) is 0.360. The maximum atomic E-state index is 12.3. The lowest BCUT2D eigenvalue weighted by atomic mass is 10.1. The van der Waals surface area contributed by atoms with Gasteiger partial charge in [0.1, 0.15) is 5.84 Å². The molecule has 7 heteroatoms. The molecule has 0 unspecified atom stereocenters. The molecule has 0 atom stereocenters. The second-order valence-corrected chi connectivity index (χ2v) is 5.36. The summed E-state index contributed by atoms with van der Waals surface area (Å²) in [5.41, 5.74) is 4.95. The number of anilines is 1. The zero-order valence-corrected chi connectivity index (χ0v) is 11.8. The molecule has 0 saturated carbocycles. The first-order valence-corrected chi connectivity index (χ1v) is 6.03. The summed E-state index contributed by atoms with van der Waals surface area (Å²) in [6.45, 7) is 6.31. The number of hydrogen-bond donors (Lipinski definition) is 2. The average molecular weight is 267 g/mol. The Morgan fingerprint density at radius 1 is 1.58 bits per heavy atom. The molecule has 0 aliphatic rings. The number of rotatable bonds is 4. The molecule has 1 heterocycles. The van der Waals surface area contributed by atoms with Crippen LogP contribution in [0.2, 0.25) is 0 Å². The van der Waals surface area contributed by atoms with E-state index in [1.54, 1.807) is 28.9 Å². The van der Waals surface area contributed by atoms with Crippen LogP contribution in [-0.4, -0.2) is 34.2 Å². The van der Waals surface area contributed by atoms with Gasteiger partial charge in [0.15, 0.2) is 5.82 Å². The zero-order chi connectivity index (χ0) is 14.6. The van der Waals surface area contributed by atoms with E-state index in [4.69, 9.17) is 10.9 Å². The molecule has 1 aromatic heterocycles. The van der Waals surface area contributed by atoms with E-state index in [1.165, 1.54) is 0 Å². The summed E-state index contributed by atoms with van der Waals surface area (Å²) < 4.78 is 1.63. The molecular weight excluding hydrogens is 246 g/mol. The van der Waals surface area contributed by atoms with E-state index < -0.39 is 0 Å². The van der Waals surface area contributed by atoms with Crippen molar-refractivity contribution >= 4 is 11.7 Å². The van der Waals surface area contributed by atoms with E-state index in [0.29, 0.717) is 18.8 Å². The fourth-order valence-electron chi connectivity index (χ4n) is 1.63. The Morgan fingerprint density at radius 2 is 2.21 bits per heavy atom. The fraction of sp³-hybridized carbons (Fsp3) is 0.583. The summed E-state index contributed by atoms with van der Waals surface area (Å²) >= 11 is 0. The van der Waals surface area contributed by atoms with Crippen LogP contribution in [0, 0.1) is 0 Å². The van der Waals surface area contributed by atoms with Gasteiger partial charge in [-0.05, 0) is 20.8 Å². The third-order valence-electron chi connectivity index (χ3n) is 2.74. The smallest absolute Gasteiger partial charge is 0.293 e. The van der Waals surface area contributed by atoms with Crippen molar-refractivity contribution in [3.8, 4) is 0 Å². The van der Waals surface area contributed by atoms with Crippen molar-refractivity contribution in [2.45, 2.75) is 32.7 Å². The molecule has 106 valence electrons. The minimum absolute atomic E-state index is 0.124. The number of oxime groups is 1. The zero-order valence-electron chi connectivity index (χ0n) is 11.8. The van der Waals surface area contributed by atoms with Gasteiger partial charge in [-0.25, -0.2) is 4.98 Å². The maximum Gasteiger partial charge on any atom is 0.293 e. The Labute approximate surface area is 112 Å². The first kappa shape index (κ1) is 15.0. The van der Waals surface area contributed by atoms with E-state index >= 15 is 0 Å². The number of aromatic nitrogens is 2. The predicted octanol–water partition coefficient (Wildman–Crippen LogP) is 0.571. The van der Waals surface area contributed by atoms with Crippen molar-refractivity contribution in [1.29, 1.82) is 0 Å². The third-order valence-corrected chi connectivity index (χ3v) is 2.74. The highest BCUT2D eigenvalue weighted by molar-refractivity contribution is 5.80. The monoisotopic (exact) mass is 267 g/mol. The van der Waals surface area contributed by atoms with Crippen LogP contribution in [0.4, 0.5) is 5.82 Å². The predicted molar refractivity (Wildman–Crippen MR) is 74.8 cm³/mol. The van der Waals surface area contributed by atoms with Gasteiger partial charge >= 0.3 is 0 Å². The molecule has 0 aliphatic carbocycles. The Kier molecular flexibility index (Phi) is 4.52. The number of hydrogen-bond acceptors (Lipinski definition) is 5. The van der Waals surface area contributed by atoms with Gasteiger partial charge in [-0.15, -0.1) is 0 Å². The second kappa shape index (κ2) is 5.73. The molecule has 1 rings (SSSR count). The highest BCUT2D eigenvalue weighted by Gasteiger charge is 2.18. The fourth-order valence-corrected chi connectivity index (χ4v) is 1.63. The maximum absolute atomic E-state index is 12.3. The second-order valence-electron chi connectivity index (χ2n) is 5.36. The molecule has 0 radical (unpaired) electrons. The molecule has 19 heavy (non-hydrogen) atoms. The molecule has 1 aromatic rings. The Bertz CT molecular complexity index is 516. The van der Waals surface area contributed by atoms with Gasteiger partial charge in [0, 0.05) is 37.9 Å². The molecule has 0 amide bonds. The van der Waals surface area contributed by atoms with Crippen LogP contribution in [0.1, 0.15) is 27.2 Å². The van der Waals surface area contributed by atoms with Crippen LogP contribution in [0.25, 0.3) is 0 Å². The first-order chi connectivity index (χ1) is 8.77. The highest BCUT2D eigenvalue weighted by Crippen LogP contribution is 2.11. The Morgan fingerprint density at radius 3 is 2.74 bits per heavy atom. The van der Waals surface area contributed by atoms with E-state index in [0.717, 1.165) is 0 Å². The average Bonchev–Trinajstić information content (AvgIpc) is 2.34. The molecule has 0 saturated heterocycles. The van der Waals surface area contributed by atoms with Gasteiger partial charge in [0.2, 0.25) is 0 Å². The Balaban J connectivity index is 2.99. The van der Waals surface area contributed by atoms with Crippen molar-refractivity contribution in [3.05, 3.63) is 22.7 Å². The van der Waals surface area contributed by atoms with Crippen LogP contribution in [0.15, 0.2) is 22.3 Å². The van der Waals surface area contributed by atoms with Gasteiger partial charge < -0.3 is 20.4 Å². The summed E-state index contributed by atoms with van der Waals surface area (Å²) in [4.78, 5) is 18.1. The number of nitrogens with zero attached hydrogens (tertiary/aromatic N) is 4. The summed E-state index contributed by atoms with van der Waals surface area (Å²) in [7, 11) is 1.75. The SMILES string of the molecule is CN(CC/C(N)=N/O)c1nccn(C(C)(C)C)c1=O. The first-order valence-electron chi connectivity index (χ1n) is 6.03. The van der Waals surface area contributed by atoms with E-state index in [1.807, 2.05) is 20.8 Å². The van der Waals surface area contributed by atoms with Gasteiger partial charge in [-0.2, -0.15) is 0 Å². The third kappa shape index (κ3) is 3.70. The molecule has 0 fully saturated rings. The van der Waals surface area contributed by atoms with Gasteiger partial charge in [0.05, 0.1) is 0 Å². The minimum atomic E-state index is -0.304. The van der Waals surface area contributed by atoms with Crippen LogP contribution in [0.3, 0.4) is 0 Å². The van der Waals surface area contributed by atoms with Gasteiger partial charge in [-0.1, -0.05) is 5.16 Å². The summed E-state index contributed by atoms with van der Waals surface area (Å²) in [6.07, 6.45) is 3.63. The summed E-state index contributed by atoms with van der Waals surface area (Å²) in [5.74, 6) is 0.474. The van der Waals surface area contributed by atoms with E-state index in [9.17, 15) is 4.79 Å². The lowest BCUT2D eigenvalue weighted by molar-refractivity contribution is 0.317. The van der Waals surface area contributed by atoms with Crippen molar-refractivity contribution in [2.75, 3.05) is 18.5 Å². The molecule has 0 aliphatic heterocycles. The molecule has 0 aromatic carbocycles. The van der Waals surface area contributed by atoms with Crippen LogP contribution >= 0.6 is 0 Å². The largest absolute Gasteiger partial charge is 0.409 e. The minimum Gasteiger partial charge on any atom is -0.409 e. The molecule has 0 bridgehead atoms. The van der Waals surface area contributed by atoms with Crippen LogP contribution < -0.4 is 16.2 Å². The van der Waals surface area contributed by atoms with Gasteiger partial charge in [-0.3, -0.25) is 4.79 Å². The standard InChI is InChI=1S/C12H21N5O2/c1-12(2,3)17-8-6-14-10(11(17)18)16(4)7-5-9(13)15-19/h6,8,19H,5,7H2,1-4H3,(H2,13,15). The van der Waals surface area contributed by atoms with Crippen LogP contribution in [-0.2, 0) is 5.54 Å². The van der Waals surface area contributed by atoms with Gasteiger partial charge in [0.25, 0.3) is 5.56 Å². The van der Waals surface area contributed by atoms with Crippen LogP contribution in [0.5, 0.6) is 0 Å². The molecule has 7 nitrogen and oxygen atoms in total. The van der Waals surface area contributed by atoms with Crippen molar-refractivity contribution in [2.24, 2.45) is 10.9 Å². The van der Waals surface area contributed by atoms with E-state index in [-0.39, 0.29) is 16.9 Å². The molecule has 3 N–H and O–H groups in total.